The number of carbonyl (C=O) groups is 1. The number of amides is 1. The lowest BCUT2D eigenvalue weighted by Crippen LogP contribution is -2.33. The van der Waals surface area contributed by atoms with E-state index in [2.05, 4.69) is 20.5 Å². The fourth-order valence-electron chi connectivity index (χ4n) is 2.94. The Morgan fingerprint density at radius 1 is 1.18 bits per heavy atom. The Morgan fingerprint density at radius 2 is 1.95 bits per heavy atom. The van der Waals surface area contributed by atoms with Gasteiger partial charge in [-0.1, -0.05) is 49.6 Å². The van der Waals surface area contributed by atoms with Crippen molar-refractivity contribution < 1.29 is 4.79 Å². The summed E-state index contributed by atoms with van der Waals surface area (Å²) in [5.41, 5.74) is 0.997. The smallest absolute Gasteiger partial charge is 0.223 e. The van der Waals surface area contributed by atoms with Gasteiger partial charge in [0.25, 0.3) is 0 Å². The highest BCUT2D eigenvalue weighted by Gasteiger charge is 2.20. The molecule has 1 heterocycles. The maximum atomic E-state index is 12.1. The summed E-state index contributed by atoms with van der Waals surface area (Å²) < 4.78 is 0. The Bertz CT molecular complexity index is 602. The molecule has 0 atom stereocenters. The van der Waals surface area contributed by atoms with Crippen molar-refractivity contribution in [2.24, 2.45) is 5.92 Å². The number of hydrogen-bond acceptors (Lipinski definition) is 3. The molecule has 0 aliphatic heterocycles. The van der Waals surface area contributed by atoms with Crippen LogP contribution < -0.4 is 5.32 Å². The Kier molecular flexibility index (Phi) is 4.83. The van der Waals surface area contributed by atoms with E-state index in [4.69, 9.17) is 0 Å². The van der Waals surface area contributed by atoms with Gasteiger partial charge in [0.2, 0.25) is 5.91 Å². The van der Waals surface area contributed by atoms with Crippen LogP contribution in [0.4, 0.5) is 0 Å². The van der Waals surface area contributed by atoms with Gasteiger partial charge in [0.15, 0.2) is 5.82 Å². The van der Waals surface area contributed by atoms with Crippen LogP contribution in [0.1, 0.15) is 37.9 Å². The van der Waals surface area contributed by atoms with Crippen LogP contribution in [0.5, 0.6) is 0 Å². The lowest BCUT2D eigenvalue weighted by atomic mass is 9.89. The van der Waals surface area contributed by atoms with Gasteiger partial charge in [0.1, 0.15) is 5.82 Å². The molecule has 22 heavy (non-hydrogen) atoms. The molecular formula is C17H22N4O. The van der Waals surface area contributed by atoms with Crippen LogP contribution in [0, 0.1) is 5.92 Å². The third-order valence-electron chi connectivity index (χ3n) is 4.20. The first-order chi connectivity index (χ1) is 10.8. The number of carbonyl (C=O) groups excluding carboxylic acids is 1. The van der Waals surface area contributed by atoms with Crippen LogP contribution in [-0.2, 0) is 11.2 Å². The Labute approximate surface area is 130 Å². The number of benzene rings is 1. The zero-order valence-corrected chi connectivity index (χ0v) is 12.7. The third kappa shape index (κ3) is 3.72. The molecule has 1 fully saturated rings. The highest BCUT2D eigenvalue weighted by molar-refractivity contribution is 5.78. The first-order valence-corrected chi connectivity index (χ1v) is 8.07. The monoisotopic (exact) mass is 298 g/mol. The van der Waals surface area contributed by atoms with Gasteiger partial charge >= 0.3 is 0 Å². The predicted octanol–water partition coefficient (Wildman–Crippen LogP) is 2.71. The summed E-state index contributed by atoms with van der Waals surface area (Å²) in [6.07, 6.45) is 6.38. The largest absolute Gasteiger partial charge is 0.355 e. The number of hydrogen-bond donors (Lipinski definition) is 2. The highest BCUT2D eigenvalue weighted by Crippen LogP contribution is 2.23. The second-order valence-corrected chi connectivity index (χ2v) is 5.85. The van der Waals surface area contributed by atoms with Gasteiger partial charge in [-0.15, -0.1) is 0 Å². The van der Waals surface area contributed by atoms with Crippen molar-refractivity contribution in [1.82, 2.24) is 20.5 Å². The first kappa shape index (κ1) is 14.8. The molecule has 1 saturated carbocycles. The van der Waals surface area contributed by atoms with E-state index < -0.39 is 0 Å². The molecule has 5 nitrogen and oxygen atoms in total. The van der Waals surface area contributed by atoms with E-state index in [0.717, 1.165) is 24.2 Å². The standard InChI is InChI=1S/C17H22N4O/c22-17(14-9-5-2-6-10-14)18-12-11-15-19-16(21-20-15)13-7-3-1-4-8-13/h1,3-4,7-8,14H,2,5-6,9-12H2,(H,18,22)(H,19,20,21). The van der Waals surface area contributed by atoms with E-state index in [-0.39, 0.29) is 11.8 Å². The quantitative estimate of drug-likeness (QED) is 0.891. The molecule has 5 heteroatoms. The fraction of sp³-hybridized carbons (Fsp3) is 0.471. The van der Waals surface area contributed by atoms with Gasteiger partial charge in [-0.05, 0) is 12.8 Å². The molecule has 1 aromatic carbocycles. The van der Waals surface area contributed by atoms with Gasteiger partial charge < -0.3 is 5.32 Å². The molecule has 1 aromatic heterocycles. The summed E-state index contributed by atoms with van der Waals surface area (Å²) in [6, 6.07) is 9.87. The summed E-state index contributed by atoms with van der Waals surface area (Å²) in [5, 5.41) is 10.2. The lowest BCUT2D eigenvalue weighted by Gasteiger charge is -2.20. The molecule has 116 valence electrons. The topological polar surface area (TPSA) is 70.7 Å². The zero-order valence-electron chi connectivity index (χ0n) is 12.7. The third-order valence-corrected chi connectivity index (χ3v) is 4.20. The summed E-state index contributed by atoms with van der Waals surface area (Å²) >= 11 is 0. The first-order valence-electron chi connectivity index (χ1n) is 8.07. The van der Waals surface area contributed by atoms with E-state index in [9.17, 15) is 4.79 Å². The Hall–Kier alpha value is -2.17. The Balaban J connectivity index is 1.48. The van der Waals surface area contributed by atoms with Crippen LogP contribution in [0.25, 0.3) is 11.4 Å². The van der Waals surface area contributed by atoms with E-state index in [1.165, 1.54) is 19.3 Å². The molecule has 1 aliphatic carbocycles. The summed E-state index contributed by atoms with van der Waals surface area (Å²) in [7, 11) is 0. The number of rotatable bonds is 5. The van der Waals surface area contributed by atoms with E-state index in [1.807, 2.05) is 30.3 Å². The molecule has 0 unspecified atom stereocenters. The van der Waals surface area contributed by atoms with Crippen molar-refractivity contribution >= 4 is 5.91 Å². The second kappa shape index (κ2) is 7.20. The second-order valence-electron chi connectivity index (χ2n) is 5.85. The van der Waals surface area contributed by atoms with E-state index in [0.29, 0.717) is 18.8 Å². The van der Waals surface area contributed by atoms with Gasteiger partial charge in [0, 0.05) is 24.4 Å². The molecule has 2 aromatic rings. The lowest BCUT2D eigenvalue weighted by molar-refractivity contribution is -0.125. The molecule has 0 spiro atoms. The van der Waals surface area contributed by atoms with Gasteiger partial charge in [-0.3, -0.25) is 9.89 Å². The maximum Gasteiger partial charge on any atom is 0.223 e. The number of nitrogens with one attached hydrogen (secondary N) is 2. The van der Waals surface area contributed by atoms with Gasteiger partial charge in [0.05, 0.1) is 0 Å². The summed E-state index contributed by atoms with van der Waals surface area (Å²) in [4.78, 5) is 16.5. The normalized spacial score (nSPS) is 15.6. The average Bonchev–Trinajstić information content (AvgIpc) is 3.05. The maximum absolute atomic E-state index is 12.1. The van der Waals surface area contributed by atoms with Crippen molar-refractivity contribution in [3.8, 4) is 11.4 Å². The predicted molar refractivity (Wildman–Crippen MR) is 85.1 cm³/mol. The van der Waals surface area contributed by atoms with E-state index in [1.54, 1.807) is 0 Å². The molecule has 0 saturated heterocycles. The van der Waals surface area contributed by atoms with Gasteiger partial charge in [-0.25, -0.2) is 4.98 Å². The fourth-order valence-corrected chi connectivity index (χ4v) is 2.94. The molecule has 3 rings (SSSR count). The number of nitrogens with zero attached hydrogens (tertiary/aromatic N) is 2. The molecule has 1 aliphatic rings. The average molecular weight is 298 g/mol. The van der Waals surface area contributed by atoms with Crippen LogP contribution in [0.15, 0.2) is 30.3 Å². The molecular weight excluding hydrogens is 276 g/mol. The van der Waals surface area contributed by atoms with Crippen molar-refractivity contribution in [1.29, 1.82) is 0 Å². The van der Waals surface area contributed by atoms with Crippen LogP contribution in [-0.4, -0.2) is 27.6 Å². The van der Waals surface area contributed by atoms with Gasteiger partial charge in [-0.2, -0.15) is 5.10 Å². The molecule has 2 N–H and O–H groups in total. The summed E-state index contributed by atoms with van der Waals surface area (Å²) in [5.74, 6) is 1.92. The molecule has 1 amide bonds. The Morgan fingerprint density at radius 3 is 2.73 bits per heavy atom. The van der Waals surface area contributed by atoms with Crippen molar-refractivity contribution in [2.75, 3.05) is 6.54 Å². The van der Waals surface area contributed by atoms with Crippen molar-refractivity contribution in [3.63, 3.8) is 0 Å². The van der Waals surface area contributed by atoms with Crippen molar-refractivity contribution in [3.05, 3.63) is 36.2 Å². The van der Waals surface area contributed by atoms with E-state index >= 15 is 0 Å². The van der Waals surface area contributed by atoms with Crippen LogP contribution >= 0.6 is 0 Å². The highest BCUT2D eigenvalue weighted by atomic mass is 16.1. The number of aromatic amines is 1. The van der Waals surface area contributed by atoms with Crippen molar-refractivity contribution in [2.45, 2.75) is 38.5 Å². The minimum Gasteiger partial charge on any atom is -0.355 e. The SMILES string of the molecule is O=C(NCCc1nc(-c2ccccc2)n[nH]1)C1CCCCC1. The minimum absolute atomic E-state index is 0.197. The number of H-pyrrole nitrogens is 1. The molecule has 0 radical (unpaired) electrons. The number of aromatic nitrogens is 3. The zero-order chi connectivity index (χ0) is 15.2. The molecule has 0 bridgehead atoms. The summed E-state index contributed by atoms with van der Waals surface area (Å²) in [6.45, 7) is 0.610. The van der Waals surface area contributed by atoms with Crippen LogP contribution in [0.2, 0.25) is 0 Å². The van der Waals surface area contributed by atoms with Crippen LogP contribution in [0.3, 0.4) is 0 Å². The minimum atomic E-state index is 0.197.